The average Bonchev–Trinajstić information content (AvgIpc) is 2.73. The molecule has 2 amide bonds. The number of fused-ring (bicyclic) bond motifs is 1. The number of anilines is 1. The molecule has 0 fully saturated rings. The van der Waals surface area contributed by atoms with Gasteiger partial charge in [-0.3, -0.25) is 0 Å². The van der Waals surface area contributed by atoms with E-state index in [1.165, 1.54) is 6.33 Å². The van der Waals surface area contributed by atoms with Crippen molar-refractivity contribution >= 4 is 34.2 Å². The van der Waals surface area contributed by atoms with Crippen LogP contribution in [0.5, 0.6) is 23.1 Å². The maximum atomic E-state index is 11.8. The van der Waals surface area contributed by atoms with Crippen LogP contribution in [-0.2, 0) is 0 Å². The van der Waals surface area contributed by atoms with E-state index in [-0.39, 0.29) is 6.03 Å². The minimum Gasteiger partial charge on any atom is -0.493 e. The Kier molecular flexibility index (Phi) is 6.56. The Balaban J connectivity index is 1.86. The van der Waals surface area contributed by atoms with E-state index in [0.29, 0.717) is 51.3 Å². The van der Waals surface area contributed by atoms with Crippen LogP contribution in [0.2, 0.25) is 5.02 Å². The molecular weight excluding hydrogens is 396 g/mol. The van der Waals surface area contributed by atoms with Gasteiger partial charge in [-0.2, -0.15) is 0 Å². The van der Waals surface area contributed by atoms with E-state index < -0.39 is 0 Å². The summed E-state index contributed by atoms with van der Waals surface area (Å²) in [5.41, 5.74) is 1.18. The third-order valence-electron chi connectivity index (χ3n) is 4.04. The molecule has 0 aliphatic heterocycles. The molecule has 29 heavy (non-hydrogen) atoms. The normalized spacial score (nSPS) is 10.5. The molecule has 2 N–H and O–H groups in total. The predicted molar refractivity (Wildman–Crippen MR) is 111 cm³/mol. The van der Waals surface area contributed by atoms with Gasteiger partial charge in [-0.25, -0.2) is 14.8 Å². The van der Waals surface area contributed by atoms with Crippen LogP contribution < -0.4 is 24.8 Å². The molecule has 2 aromatic carbocycles. The maximum Gasteiger partial charge on any atom is 0.319 e. The average molecular weight is 417 g/mol. The Labute approximate surface area is 173 Å². The van der Waals surface area contributed by atoms with Gasteiger partial charge < -0.3 is 24.8 Å². The molecule has 0 saturated heterocycles. The first-order valence-corrected chi connectivity index (χ1v) is 9.32. The first-order chi connectivity index (χ1) is 14.0. The van der Waals surface area contributed by atoms with Crippen LogP contribution in [0.25, 0.3) is 10.9 Å². The number of halogens is 1. The summed E-state index contributed by atoms with van der Waals surface area (Å²) in [6, 6.07) is 8.15. The van der Waals surface area contributed by atoms with E-state index in [0.717, 1.165) is 6.42 Å². The van der Waals surface area contributed by atoms with Gasteiger partial charge in [0.25, 0.3) is 0 Å². The largest absolute Gasteiger partial charge is 0.493 e. The first kappa shape index (κ1) is 20.5. The lowest BCUT2D eigenvalue weighted by atomic mass is 10.2. The highest BCUT2D eigenvalue weighted by atomic mass is 35.5. The van der Waals surface area contributed by atoms with Gasteiger partial charge in [-0.05, 0) is 30.7 Å². The summed E-state index contributed by atoms with van der Waals surface area (Å²) in [4.78, 5) is 20.2. The quantitative estimate of drug-likeness (QED) is 0.583. The van der Waals surface area contributed by atoms with E-state index in [4.69, 9.17) is 25.8 Å². The first-order valence-electron chi connectivity index (χ1n) is 8.94. The Morgan fingerprint density at radius 2 is 1.83 bits per heavy atom. The molecule has 3 aromatic rings. The third kappa shape index (κ3) is 4.78. The Morgan fingerprint density at radius 3 is 2.52 bits per heavy atom. The number of carbonyl (C=O) groups excluding carboxylic acids is 1. The highest BCUT2D eigenvalue weighted by Gasteiger charge is 2.14. The highest BCUT2D eigenvalue weighted by molar-refractivity contribution is 6.32. The van der Waals surface area contributed by atoms with Crippen molar-refractivity contribution in [3.05, 3.63) is 41.7 Å². The Bertz CT molecular complexity index is 1030. The summed E-state index contributed by atoms with van der Waals surface area (Å²) >= 11 is 6.34. The van der Waals surface area contributed by atoms with Crippen molar-refractivity contribution in [2.75, 3.05) is 26.1 Å². The van der Waals surface area contributed by atoms with Crippen LogP contribution in [0, 0.1) is 0 Å². The van der Waals surface area contributed by atoms with Gasteiger partial charge in [0.15, 0.2) is 11.5 Å². The van der Waals surface area contributed by atoms with E-state index in [1.807, 2.05) is 6.92 Å². The number of nitrogens with one attached hydrogen (secondary N) is 2. The number of urea groups is 1. The van der Waals surface area contributed by atoms with Crippen molar-refractivity contribution in [2.45, 2.75) is 13.3 Å². The molecule has 9 heteroatoms. The molecule has 1 aromatic heterocycles. The fraction of sp³-hybridized carbons (Fsp3) is 0.250. The third-order valence-corrected chi connectivity index (χ3v) is 4.33. The number of benzene rings is 2. The molecule has 0 spiro atoms. The molecule has 0 unspecified atom stereocenters. The van der Waals surface area contributed by atoms with Gasteiger partial charge in [-0.15, -0.1) is 0 Å². The zero-order valence-electron chi connectivity index (χ0n) is 16.3. The van der Waals surface area contributed by atoms with Crippen molar-refractivity contribution < 1.29 is 19.0 Å². The molecule has 0 atom stereocenters. The number of amides is 2. The molecule has 0 aliphatic carbocycles. The minimum atomic E-state index is -0.292. The Morgan fingerprint density at radius 1 is 1.07 bits per heavy atom. The maximum absolute atomic E-state index is 11.8. The summed E-state index contributed by atoms with van der Waals surface area (Å²) in [6.07, 6.45) is 2.25. The molecule has 8 nitrogen and oxygen atoms in total. The number of hydrogen-bond acceptors (Lipinski definition) is 6. The zero-order chi connectivity index (χ0) is 20.8. The predicted octanol–water partition coefficient (Wildman–Crippen LogP) is 4.62. The van der Waals surface area contributed by atoms with Gasteiger partial charge >= 0.3 is 6.03 Å². The van der Waals surface area contributed by atoms with Crippen molar-refractivity contribution in [3.63, 3.8) is 0 Å². The van der Waals surface area contributed by atoms with Crippen LogP contribution in [0.3, 0.4) is 0 Å². The minimum absolute atomic E-state index is 0.292. The van der Waals surface area contributed by atoms with Crippen LogP contribution in [0.15, 0.2) is 36.7 Å². The van der Waals surface area contributed by atoms with Crippen LogP contribution >= 0.6 is 11.6 Å². The van der Waals surface area contributed by atoms with E-state index >= 15 is 0 Å². The lowest BCUT2D eigenvalue weighted by molar-refractivity contribution is 0.252. The molecule has 0 aliphatic rings. The summed E-state index contributed by atoms with van der Waals surface area (Å²) in [6.45, 7) is 2.57. The summed E-state index contributed by atoms with van der Waals surface area (Å²) in [5, 5.41) is 6.42. The van der Waals surface area contributed by atoms with E-state index in [2.05, 4.69) is 20.6 Å². The smallest absolute Gasteiger partial charge is 0.319 e. The van der Waals surface area contributed by atoms with Crippen LogP contribution in [0.4, 0.5) is 10.5 Å². The van der Waals surface area contributed by atoms with E-state index in [1.54, 1.807) is 44.6 Å². The van der Waals surface area contributed by atoms with Crippen LogP contribution in [-0.4, -0.2) is 36.8 Å². The Hall–Kier alpha value is -3.26. The summed E-state index contributed by atoms with van der Waals surface area (Å²) < 4.78 is 16.6. The molecule has 0 bridgehead atoms. The zero-order valence-corrected chi connectivity index (χ0v) is 17.0. The standard InChI is InChI=1S/C20H21ClN4O4/c1-4-7-22-20(26)25-12-5-6-16(14(21)8-12)29-19-13-9-17(27-2)18(28-3)10-15(13)23-11-24-19/h5-6,8-11H,4,7H2,1-3H3,(H2,22,25,26). The molecule has 1 heterocycles. The van der Waals surface area contributed by atoms with Gasteiger partial charge in [-0.1, -0.05) is 18.5 Å². The van der Waals surface area contributed by atoms with E-state index in [9.17, 15) is 4.79 Å². The molecule has 3 rings (SSSR count). The fourth-order valence-electron chi connectivity index (χ4n) is 2.62. The van der Waals surface area contributed by atoms with Crippen molar-refractivity contribution in [1.82, 2.24) is 15.3 Å². The number of hydrogen-bond donors (Lipinski definition) is 2. The van der Waals surface area contributed by atoms with Gasteiger partial charge in [0.05, 0.1) is 30.1 Å². The highest BCUT2D eigenvalue weighted by Crippen LogP contribution is 2.37. The number of rotatable bonds is 7. The number of nitrogens with zero attached hydrogens (tertiary/aromatic N) is 2. The lowest BCUT2D eigenvalue weighted by Gasteiger charge is -2.13. The SMILES string of the molecule is CCCNC(=O)Nc1ccc(Oc2ncnc3cc(OC)c(OC)cc23)c(Cl)c1. The van der Waals surface area contributed by atoms with Gasteiger partial charge in [0.2, 0.25) is 5.88 Å². The molecule has 152 valence electrons. The lowest BCUT2D eigenvalue weighted by Crippen LogP contribution is -2.29. The number of aromatic nitrogens is 2. The molecule has 0 radical (unpaired) electrons. The van der Waals surface area contributed by atoms with Crippen LogP contribution in [0.1, 0.15) is 13.3 Å². The van der Waals surface area contributed by atoms with Crippen molar-refractivity contribution in [3.8, 4) is 23.1 Å². The second-order valence-electron chi connectivity index (χ2n) is 6.03. The number of ether oxygens (including phenoxy) is 3. The number of methoxy groups -OCH3 is 2. The topological polar surface area (TPSA) is 94.6 Å². The summed E-state index contributed by atoms with van der Waals surface area (Å²) in [7, 11) is 3.10. The van der Waals surface area contributed by atoms with Gasteiger partial charge in [0.1, 0.15) is 12.1 Å². The van der Waals surface area contributed by atoms with Gasteiger partial charge in [0, 0.05) is 18.3 Å². The second-order valence-corrected chi connectivity index (χ2v) is 6.44. The van der Waals surface area contributed by atoms with Crippen molar-refractivity contribution in [2.24, 2.45) is 0 Å². The second kappa shape index (κ2) is 9.29. The summed E-state index contributed by atoms with van der Waals surface area (Å²) in [5.74, 6) is 1.79. The van der Waals surface area contributed by atoms with Crippen molar-refractivity contribution in [1.29, 1.82) is 0 Å². The fourth-order valence-corrected chi connectivity index (χ4v) is 2.84. The molecular formula is C20H21ClN4O4. The number of carbonyl (C=O) groups is 1. The molecule has 0 saturated carbocycles. The monoisotopic (exact) mass is 416 g/mol.